The smallest absolute Gasteiger partial charge is 0.342 e. The molecule has 0 aliphatic heterocycles. The molecule has 1 aliphatic carbocycles. The molecule has 0 unspecified atom stereocenters. The Labute approximate surface area is 145 Å². The van der Waals surface area contributed by atoms with Gasteiger partial charge in [-0.2, -0.15) is 0 Å². The van der Waals surface area contributed by atoms with E-state index in [1.54, 1.807) is 0 Å². The molecule has 8 nitrogen and oxygen atoms in total. The van der Waals surface area contributed by atoms with Gasteiger partial charge in [0.05, 0.1) is 7.11 Å². The van der Waals surface area contributed by atoms with Crippen LogP contribution in [0.3, 0.4) is 0 Å². The molecule has 1 fully saturated rings. The lowest BCUT2D eigenvalue weighted by molar-refractivity contribution is -0.123. The maximum atomic E-state index is 11.9. The number of urea groups is 1. The fourth-order valence-electron chi connectivity index (χ4n) is 2.65. The Kier molecular flexibility index (Phi) is 6.62. The van der Waals surface area contributed by atoms with Crippen molar-refractivity contribution in [2.45, 2.75) is 38.1 Å². The Hall–Kier alpha value is -2.77. The molecule has 3 N–H and O–H groups in total. The molecular weight excluding hydrogens is 328 g/mol. The summed E-state index contributed by atoms with van der Waals surface area (Å²) in [6, 6.07) is 3.53. The summed E-state index contributed by atoms with van der Waals surface area (Å²) in [7, 11) is 1.43. The second-order valence-corrected chi connectivity index (χ2v) is 5.82. The van der Waals surface area contributed by atoms with Crippen molar-refractivity contribution in [1.82, 2.24) is 10.6 Å². The number of nitrogens with one attached hydrogen (secondary N) is 2. The molecule has 1 aromatic rings. The molecule has 0 radical (unpaired) electrons. The molecule has 136 valence electrons. The van der Waals surface area contributed by atoms with Gasteiger partial charge in [-0.15, -0.1) is 0 Å². The van der Waals surface area contributed by atoms with Crippen LogP contribution in [0.1, 0.15) is 42.5 Å². The molecule has 1 aromatic carbocycles. The summed E-state index contributed by atoms with van der Waals surface area (Å²) in [5.41, 5.74) is -0.0970. The van der Waals surface area contributed by atoms with Gasteiger partial charge in [0, 0.05) is 12.1 Å². The molecule has 25 heavy (non-hydrogen) atoms. The van der Waals surface area contributed by atoms with Crippen LogP contribution < -0.4 is 15.4 Å². The SMILES string of the molecule is COc1ccc(C(=O)OCC(=O)NC(=O)NC2CCCCC2)c(O)c1. The minimum Gasteiger partial charge on any atom is -0.507 e. The highest BCUT2D eigenvalue weighted by Crippen LogP contribution is 2.23. The molecule has 1 saturated carbocycles. The highest BCUT2D eigenvalue weighted by Gasteiger charge is 2.19. The standard InChI is InChI=1S/C17H22N2O6/c1-24-12-7-8-13(14(20)9-12)16(22)25-10-15(21)19-17(23)18-11-5-3-2-4-6-11/h7-9,11,20H,2-6,10H2,1H3,(H2,18,19,21,23). The number of benzene rings is 1. The van der Waals surface area contributed by atoms with Gasteiger partial charge in [0.1, 0.15) is 17.1 Å². The number of rotatable bonds is 5. The maximum absolute atomic E-state index is 11.9. The second-order valence-electron chi connectivity index (χ2n) is 5.82. The zero-order valence-electron chi connectivity index (χ0n) is 14.0. The zero-order chi connectivity index (χ0) is 18.2. The predicted molar refractivity (Wildman–Crippen MR) is 88.5 cm³/mol. The van der Waals surface area contributed by atoms with E-state index in [1.165, 1.54) is 25.3 Å². The Balaban J connectivity index is 1.77. The topological polar surface area (TPSA) is 114 Å². The number of hydrogen-bond donors (Lipinski definition) is 3. The van der Waals surface area contributed by atoms with Crippen molar-refractivity contribution in [3.63, 3.8) is 0 Å². The van der Waals surface area contributed by atoms with Gasteiger partial charge in [-0.3, -0.25) is 10.1 Å². The summed E-state index contributed by atoms with van der Waals surface area (Å²) in [6.45, 7) is -0.623. The molecule has 8 heteroatoms. The Bertz CT molecular complexity index is 640. The Morgan fingerprint density at radius 2 is 1.92 bits per heavy atom. The number of phenols is 1. The van der Waals surface area contributed by atoms with E-state index in [9.17, 15) is 19.5 Å². The van der Waals surface area contributed by atoms with E-state index in [0.717, 1.165) is 32.1 Å². The summed E-state index contributed by atoms with van der Waals surface area (Å²) >= 11 is 0. The van der Waals surface area contributed by atoms with E-state index in [2.05, 4.69) is 10.6 Å². The van der Waals surface area contributed by atoms with E-state index in [4.69, 9.17) is 9.47 Å². The molecular formula is C17H22N2O6. The minimum atomic E-state index is -0.872. The fraction of sp³-hybridized carbons (Fsp3) is 0.471. The fourth-order valence-corrected chi connectivity index (χ4v) is 2.65. The average molecular weight is 350 g/mol. The number of phenolic OH excluding ortho intramolecular Hbond substituents is 1. The van der Waals surface area contributed by atoms with Gasteiger partial charge >= 0.3 is 12.0 Å². The Morgan fingerprint density at radius 1 is 1.20 bits per heavy atom. The highest BCUT2D eigenvalue weighted by molar-refractivity contribution is 5.97. The third-order valence-corrected chi connectivity index (χ3v) is 3.95. The summed E-state index contributed by atoms with van der Waals surface area (Å²) in [5, 5.41) is 14.6. The molecule has 0 aromatic heterocycles. The van der Waals surface area contributed by atoms with Crippen LogP contribution in [0.4, 0.5) is 4.79 Å². The van der Waals surface area contributed by atoms with Crippen molar-refractivity contribution in [1.29, 1.82) is 0 Å². The number of carbonyl (C=O) groups excluding carboxylic acids is 3. The van der Waals surface area contributed by atoms with Crippen molar-refractivity contribution in [3.8, 4) is 11.5 Å². The van der Waals surface area contributed by atoms with Gasteiger partial charge in [0.25, 0.3) is 5.91 Å². The third kappa shape index (κ3) is 5.66. The largest absolute Gasteiger partial charge is 0.507 e. The van der Waals surface area contributed by atoms with Crippen molar-refractivity contribution in [2.75, 3.05) is 13.7 Å². The van der Waals surface area contributed by atoms with Crippen LogP contribution in [0, 0.1) is 0 Å². The van der Waals surface area contributed by atoms with Crippen molar-refractivity contribution in [2.24, 2.45) is 0 Å². The number of amides is 3. The van der Waals surface area contributed by atoms with Crippen LogP contribution in [0.5, 0.6) is 11.5 Å². The normalized spacial score (nSPS) is 14.4. The number of esters is 1. The van der Waals surface area contributed by atoms with Crippen LogP contribution in [-0.4, -0.2) is 42.8 Å². The van der Waals surface area contributed by atoms with Gasteiger partial charge in [0.2, 0.25) is 0 Å². The molecule has 2 rings (SSSR count). The highest BCUT2D eigenvalue weighted by atomic mass is 16.5. The van der Waals surface area contributed by atoms with Gasteiger partial charge in [-0.25, -0.2) is 9.59 Å². The van der Waals surface area contributed by atoms with Crippen molar-refractivity contribution in [3.05, 3.63) is 23.8 Å². The molecule has 0 heterocycles. The van der Waals surface area contributed by atoms with Crippen molar-refractivity contribution < 1.29 is 29.0 Å². The summed E-state index contributed by atoms with van der Waals surface area (Å²) < 4.78 is 9.72. The monoisotopic (exact) mass is 350 g/mol. The van der Waals surface area contributed by atoms with Gasteiger partial charge in [0.15, 0.2) is 6.61 Å². The first kappa shape index (κ1) is 18.6. The number of hydrogen-bond acceptors (Lipinski definition) is 6. The van der Waals surface area contributed by atoms with Gasteiger partial charge < -0.3 is 19.9 Å². The average Bonchev–Trinajstić information content (AvgIpc) is 2.60. The van der Waals surface area contributed by atoms with Crippen LogP contribution in [0.2, 0.25) is 0 Å². The quantitative estimate of drug-likeness (QED) is 0.697. The number of carbonyl (C=O) groups is 3. The van der Waals surface area contributed by atoms with Crippen LogP contribution in [0.25, 0.3) is 0 Å². The van der Waals surface area contributed by atoms with Gasteiger partial charge in [-0.1, -0.05) is 19.3 Å². The van der Waals surface area contributed by atoms with Crippen LogP contribution in [0.15, 0.2) is 18.2 Å². The minimum absolute atomic E-state index is 0.0698. The van der Waals surface area contributed by atoms with E-state index >= 15 is 0 Å². The molecule has 3 amide bonds. The molecule has 1 aliphatic rings. The summed E-state index contributed by atoms with van der Waals surface area (Å²) in [6.07, 6.45) is 5.07. The lowest BCUT2D eigenvalue weighted by Gasteiger charge is -2.22. The van der Waals surface area contributed by atoms with Crippen molar-refractivity contribution >= 4 is 17.9 Å². The number of ether oxygens (including phenoxy) is 2. The summed E-state index contributed by atoms with van der Waals surface area (Å²) in [4.78, 5) is 35.3. The number of methoxy groups -OCH3 is 1. The number of imide groups is 1. The first-order valence-electron chi connectivity index (χ1n) is 8.14. The number of aromatic hydroxyl groups is 1. The summed E-state index contributed by atoms with van der Waals surface area (Å²) in [5.74, 6) is -1.55. The maximum Gasteiger partial charge on any atom is 0.342 e. The first-order chi connectivity index (χ1) is 12.0. The second kappa shape index (κ2) is 8.91. The van der Waals surface area contributed by atoms with Crippen LogP contribution in [-0.2, 0) is 9.53 Å². The lowest BCUT2D eigenvalue weighted by Crippen LogP contribution is -2.46. The molecule has 0 atom stereocenters. The first-order valence-corrected chi connectivity index (χ1v) is 8.14. The molecule has 0 spiro atoms. The van der Waals surface area contributed by atoms with E-state index in [1.807, 2.05) is 0 Å². The van der Waals surface area contributed by atoms with Crippen LogP contribution >= 0.6 is 0 Å². The molecule has 0 bridgehead atoms. The lowest BCUT2D eigenvalue weighted by atomic mass is 9.96. The van der Waals surface area contributed by atoms with E-state index < -0.39 is 24.5 Å². The zero-order valence-corrected chi connectivity index (χ0v) is 14.0. The predicted octanol–water partition coefficient (Wildman–Crippen LogP) is 1.72. The molecule has 0 saturated heterocycles. The van der Waals surface area contributed by atoms with E-state index in [-0.39, 0.29) is 17.4 Å². The third-order valence-electron chi connectivity index (χ3n) is 3.95. The van der Waals surface area contributed by atoms with Gasteiger partial charge in [-0.05, 0) is 25.0 Å². The Morgan fingerprint density at radius 3 is 2.56 bits per heavy atom. The van der Waals surface area contributed by atoms with E-state index in [0.29, 0.717) is 5.75 Å².